The van der Waals surface area contributed by atoms with Gasteiger partial charge in [0.1, 0.15) is 18.3 Å². The molecule has 0 aromatic heterocycles. The minimum atomic E-state index is -3.95. The van der Waals surface area contributed by atoms with Gasteiger partial charge >= 0.3 is 0 Å². The Labute approximate surface area is 168 Å². The van der Waals surface area contributed by atoms with Crippen molar-refractivity contribution in [2.24, 2.45) is 0 Å². The van der Waals surface area contributed by atoms with E-state index in [0.29, 0.717) is 45.9 Å². The smallest absolute Gasteiger partial charge is 0.264 e. The van der Waals surface area contributed by atoms with E-state index in [1.54, 1.807) is 28.4 Å². The van der Waals surface area contributed by atoms with Gasteiger partial charge in [0.15, 0.2) is 0 Å². The molecule has 10 nitrogen and oxygen atoms in total. The fraction of sp³-hybridized carbons (Fsp3) is 1.00. The van der Waals surface area contributed by atoms with Crippen molar-refractivity contribution in [2.75, 3.05) is 80.4 Å². The Hall–Kier alpha value is -0.370. The molecule has 0 bridgehead atoms. The molecule has 11 heteroatoms. The van der Waals surface area contributed by atoms with Gasteiger partial charge in [0.05, 0.1) is 45.4 Å². The SMILES string of the molecule is COCC(COC)OCC(COC(COC)COC)OCCCCS(=O)(=O)O. The summed E-state index contributed by atoms with van der Waals surface area (Å²) in [6, 6.07) is 0. The van der Waals surface area contributed by atoms with Crippen molar-refractivity contribution in [1.82, 2.24) is 0 Å². The van der Waals surface area contributed by atoms with E-state index in [4.69, 9.17) is 37.7 Å². The first kappa shape index (κ1) is 27.6. The lowest BCUT2D eigenvalue weighted by Crippen LogP contribution is -2.35. The lowest BCUT2D eigenvalue weighted by atomic mass is 10.3. The number of rotatable bonds is 20. The summed E-state index contributed by atoms with van der Waals surface area (Å²) in [5.74, 6) is -0.290. The van der Waals surface area contributed by atoms with Crippen molar-refractivity contribution in [2.45, 2.75) is 31.2 Å². The van der Waals surface area contributed by atoms with Crippen LogP contribution in [-0.2, 0) is 43.3 Å². The molecule has 0 aromatic rings. The highest BCUT2D eigenvalue weighted by molar-refractivity contribution is 7.85. The maximum absolute atomic E-state index is 10.8. The summed E-state index contributed by atoms with van der Waals surface area (Å²) in [6.45, 7) is 2.34. The summed E-state index contributed by atoms with van der Waals surface area (Å²) in [4.78, 5) is 0. The zero-order chi connectivity index (χ0) is 21.3. The fourth-order valence-corrected chi connectivity index (χ4v) is 2.87. The van der Waals surface area contributed by atoms with E-state index < -0.39 is 10.1 Å². The number of hydrogen-bond acceptors (Lipinski definition) is 9. The van der Waals surface area contributed by atoms with E-state index in [9.17, 15) is 8.42 Å². The van der Waals surface area contributed by atoms with Gasteiger partial charge in [0.25, 0.3) is 10.1 Å². The zero-order valence-corrected chi connectivity index (χ0v) is 18.1. The Morgan fingerprint density at radius 2 is 1.04 bits per heavy atom. The van der Waals surface area contributed by atoms with Gasteiger partial charge in [0.2, 0.25) is 0 Å². The van der Waals surface area contributed by atoms with Crippen molar-refractivity contribution in [3.63, 3.8) is 0 Å². The first-order valence-corrected chi connectivity index (χ1v) is 10.7. The maximum Gasteiger partial charge on any atom is 0.264 e. The van der Waals surface area contributed by atoms with Crippen LogP contribution in [-0.4, -0.2) is 112 Å². The van der Waals surface area contributed by atoms with E-state index in [1.807, 2.05) is 0 Å². The monoisotopic (exact) mass is 432 g/mol. The Bertz CT molecular complexity index is 413. The van der Waals surface area contributed by atoms with Crippen molar-refractivity contribution >= 4 is 10.1 Å². The molecule has 0 saturated heterocycles. The largest absolute Gasteiger partial charge is 0.382 e. The Kier molecular flexibility index (Phi) is 17.3. The van der Waals surface area contributed by atoms with E-state index in [0.717, 1.165) is 0 Å². The molecule has 0 fully saturated rings. The molecule has 28 heavy (non-hydrogen) atoms. The van der Waals surface area contributed by atoms with Gasteiger partial charge in [-0.2, -0.15) is 8.42 Å². The van der Waals surface area contributed by atoms with E-state index in [-0.39, 0.29) is 37.3 Å². The average molecular weight is 433 g/mol. The molecule has 0 atom stereocenters. The summed E-state index contributed by atoms with van der Waals surface area (Å²) in [6.07, 6.45) is -0.0730. The van der Waals surface area contributed by atoms with Crippen molar-refractivity contribution in [3.05, 3.63) is 0 Å². The number of methoxy groups -OCH3 is 4. The van der Waals surface area contributed by atoms with Crippen LogP contribution in [0.3, 0.4) is 0 Å². The van der Waals surface area contributed by atoms with Crippen LogP contribution in [0.5, 0.6) is 0 Å². The normalized spacial score (nSPS) is 12.6. The van der Waals surface area contributed by atoms with Gasteiger partial charge in [-0.25, -0.2) is 0 Å². The average Bonchev–Trinajstić information content (AvgIpc) is 2.62. The van der Waals surface area contributed by atoms with Crippen LogP contribution in [0.15, 0.2) is 0 Å². The second kappa shape index (κ2) is 17.5. The topological polar surface area (TPSA) is 119 Å². The highest BCUT2D eigenvalue weighted by atomic mass is 32.2. The molecule has 170 valence electrons. The quantitative estimate of drug-likeness (QED) is 0.214. The first-order valence-electron chi connectivity index (χ1n) is 9.11. The predicted molar refractivity (Wildman–Crippen MR) is 102 cm³/mol. The van der Waals surface area contributed by atoms with Crippen LogP contribution in [0, 0.1) is 0 Å². The second-order valence-corrected chi connectivity index (χ2v) is 7.79. The number of ether oxygens (including phenoxy) is 7. The molecule has 0 aromatic carbocycles. The number of hydrogen-bond donors (Lipinski definition) is 1. The third-order valence-corrected chi connectivity index (χ3v) is 4.40. The van der Waals surface area contributed by atoms with E-state index >= 15 is 0 Å². The zero-order valence-electron chi connectivity index (χ0n) is 17.3. The first-order chi connectivity index (χ1) is 13.4. The van der Waals surface area contributed by atoms with Gasteiger partial charge in [0, 0.05) is 35.0 Å². The summed E-state index contributed by atoms with van der Waals surface area (Å²) in [7, 11) is 2.37. The Morgan fingerprint density at radius 3 is 1.39 bits per heavy atom. The summed E-state index contributed by atoms with van der Waals surface area (Å²) < 4.78 is 68.1. The Morgan fingerprint density at radius 1 is 0.643 bits per heavy atom. The van der Waals surface area contributed by atoms with Crippen molar-refractivity contribution in [1.29, 1.82) is 0 Å². The molecule has 0 radical (unpaired) electrons. The Balaban J connectivity index is 4.53. The molecule has 0 unspecified atom stereocenters. The van der Waals surface area contributed by atoms with Crippen molar-refractivity contribution < 1.29 is 46.1 Å². The lowest BCUT2D eigenvalue weighted by molar-refractivity contribution is -0.122. The number of unbranched alkanes of at least 4 members (excludes halogenated alkanes) is 1. The molecule has 0 spiro atoms. The molecule has 1 N–H and O–H groups in total. The second-order valence-electron chi connectivity index (χ2n) is 6.22. The standard InChI is InChI=1S/C17H36O10S/c1-21-9-15(10-22-2)26-13-17(14-27-16(11-23-3)12-24-4)25-7-5-6-8-28(18,19)20/h15-17H,5-14H2,1-4H3,(H,18,19,20). The fourth-order valence-electron chi connectivity index (χ4n) is 2.30. The van der Waals surface area contributed by atoms with Gasteiger partial charge in [-0.3, -0.25) is 4.55 Å². The molecule has 0 amide bonds. The van der Waals surface area contributed by atoms with Gasteiger partial charge in [-0.15, -0.1) is 0 Å². The molecule has 0 rings (SSSR count). The molecule has 0 aliphatic carbocycles. The lowest BCUT2D eigenvalue weighted by Gasteiger charge is -2.24. The van der Waals surface area contributed by atoms with Crippen LogP contribution in [0.1, 0.15) is 12.8 Å². The third kappa shape index (κ3) is 16.6. The van der Waals surface area contributed by atoms with Crippen LogP contribution in [0.25, 0.3) is 0 Å². The molecule has 0 aliphatic rings. The van der Waals surface area contributed by atoms with Crippen LogP contribution >= 0.6 is 0 Å². The van der Waals surface area contributed by atoms with E-state index in [2.05, 4.69) is 0 Å². The molecular formula is C17H36O10S. The highest BCUT2D eigenvalue weighted by Crippen LogP contribution is 2.05. The van der Waals surface area contributed by atoms with Crippen molar-refractivity contribution in [3.8, 4) is 0 Å². The van der Waals surface area contributed by atoms with Gasteiger partial charge in [-0.1, -0.05) is 0 Å². The van der Waals surface area contributed by atoms with Gasteiger partial charge < -0.3 is 33.2 Å². The summed E-state index contributed by atoms with van der Waals surface area (Å²) in [5, 5.41) is 0. The maximum atomic E-state index is 10.8. The molecular weight excluding hydrogens is 396 g/mol. The molecule has 0 aliphatic heterocycles. The minimum absolute atomic E-state index is 0.241. The van der Waals surface area contributed by atoms with Crippen LogP contribution in [0.4, 0.5) is 0 Å². The molecule has 0 heterocycles. The highest BCUT2D eigenvalue weighted by Gasteiger charge is 2.18. The molecule has 0 saturated carbocycles. The van der Waals surface area contributed by atoms with Crippen LogP contribution < -0.4 is 0 Å². The summed E-state index contributed by atoms with van der Waals surface area (Å²) >= 11 is 0. The van der Waals surface area contributed by atoms with Crippen LogP contribution in [0.2, 0.25) is 0 Å². The predicted octanol–water partition coefficient (Wildman–Crippen LogP) is 0.396. The van der Waals surface area contributed by atoms with Gasteiger partial charge in [-0.05, 0) is 12.8 Å². The van der Waals surface area contributed by atoms with E-state index in [1.165, 1.54) is 0 Å². The third-order valence-electron chi connectivity index (χ3n) is 3.60. The minimum Gasteiger partial charge on any atom is -0.382 e. The summed E-state index contributed by atoms with van der Waals surface area (Å²) in [5.41, 5.74) is 0.